The molecule has 134 valence electrons. The lowest BCUT2D eigenvalue weighted by atomic mass is 10.2. The van der Waals surface area contributed by atoms with Crippen LogP contribution in [0.5, 0.6) is 11.5 Å². The topological polar surface area (TPSA) is 59.6 Å². The molecule has 0 unspecified atom stereocenters. The normalized spacial score (nSPS) is 10.4. The molecule has 0 atom stereocenters. The Morgan fingerprint density at radius 3 is 2.52 bits per heavy atom. The molecule has 2 amide bonds. The fourth-order valence-corrected chi connectivity index (χ4v) is 2.25. The SMILES string of the molecule is CCc1cccc(OCCNC(=O)Nc2ccc(OC(C)C)cc2)c1. The van der Waals surface area contributed by atoms with E-state index < -0.39 is 0 Å². The Hall–Kier alpha value is -2.69. The molecule has 0 saturated heterocycles. The number of carbonyl (C=O) groups is 1. The van der Waals surface area contributed by atoms with Gasteiger partial charge in [-0.3, -0.25) is 0 Å². The maximum atomic E-state index is 11.9. The molecule has 5 heteroatoms. The number of aryl methyl sites for hydroxylation is 1. The first-order valence-corrected chi connectivity index (χ1v) is 8.60. The highest BCUT2D eigenvalue weighted by molar-refractivity contribution is 5.89. The summed E-state index contributed by atoms with van der Waals surface area (Å²) in [7, 11) is 0. The van der Waals surface area contributed by atoms with Gasteiger partial charge < -0.3 is 20.1 Å². The largest absolute Gasteiger partial charge is 0.492 e. The van der Waals surface area contributed by atoms with Crippen molar-refractivity contribution in [3.63, 3.8) is 0 Å². The Balaban J connectivity index is 1.69. The summed E-state index contributed by atoms with van der Waals surface area (Å²) in [5.41, 5.74) is 1.94. The van der Waals surface area contributed by atoms with Gasteiger partial charge in [0.2, 0.25) is 0 Å². The zero-order chi connectivity index (χ0) is 18.1. The summed E-state index contributed by atoms with van der Waals surface area (Å²) in [6.45, 7) is 6.89. The van der Waals surface area contributed by atoms with Gasteiger partial charge in [0, 0.05) is 5.69 Å². The van der Waals surface area contributed by atoms with Gasteiger partial charge in [0.25, 0.3) is 0 Å². The molecule has 0 aliphatic heterocycles. The van der Waals surface area contributed by atoms with Crippen LogP contribution in [-0.4, -0.2) is 25.3 Å². The summed E-state index contributed by atoms with van der Waals surface area (Å²) in [6, 6.07) is 15.0. The van der Waals surface area contributed by atoms with E-state index in [4.69, 9.17) is 9.47 Å². The second kappa shape index (κ2) is 9.57. The van der Waals surface area contributed by atoms with Crippen LogP contribution >= 0.6 is 0 Å². The first kappa shape index (κ1) is 18.6. The molecule has 0 bridgehead atoms. The molecule has 0 aliphatic rings. The second-order valence-electron chi connectivity index (χ2n) is 5.92. The van der Waals surface area contributed by atoms with Crippen molar-refractivity contribution in [3.05, 3.63) is 54.1 Å². The Morgan fingerprint density at radius 2 is 1.84 bits per heavy atom. The van der Waals surface area contributed by atoms with E-state index in [1.807, 2.05) is 56.3 Å². The number of rotatable bonds is 8. The van der Waals surface area contributed by atoms with Gasteiger partial charge in [-0.2, -0.15) is 0 Å². The summed E-state index contributed by atoms with van der Waals surface area (Å²) in [5.74, 6) is 1.60. The molecule has 2 aromatic carbocycles. The first-order chi connectivity index (χ1) is 12.1. The third kappa shape index (κ3) is 6.75. The number of ether oxygens (including phenoxy) is 2. The number of hydrogen-bond acceptors (Lipinski definition) is 3. The van der Waals surface area contributed by atoms with E-state index in [0.29, 0.717) is 18.8 Å². The van der Waals surface area contributed by atoms with Crippen LogP contribution < -0.4 is 20.1 Å². The van der Waals surface area contributed by atoms with Crippen LogP contribution in [0, 0.1) is 0 Å². The van der Waals surface area contributed by atoms with Crippen molar-refractivity contribution in [2.75, 3.05) is 18.5 Å². The van der Waals surface area contributed by atoms with Gasteiger partial charge in [-0.25, -0.2) is 4.79 Å². The highest BCUT2D eigenvalue weighted by Gasteiger charge is 2.03. The van der Waals surface area contributed by atoms with E-state index in [-0.39, 0.29) is 12.1 Å². The molecule has 0 fully saturated rings. The van der Waals surface area contributed by atoms with E-state index in [2.05, 4.69) is 23.6 Å². The monoisotopic (exact) mass is 342 g/mol. The lowest BCUT2D eigenvalue weighted by molar-refractivity contribution is 0.242. The maximum absolute atomic E-state index is 11.9. The highest BCUT2D eigenvalue weighted by Crippen LogP contribution is 2.17. The van der Waals surface area contributed by atoms with Crippen molar-refractivity contribution in [1.29, 1.82) is 0 Å². The van der Waals surface area contributed by atoms with Crippen LogP contribution in [0.2, 0.25) is 0 Å². The standard InChI is InChI=1S/C20H26N2O3/c1-4-16-6-5-7-19(14-16)24-13-12-21-20(23)22-17-8-10-18(11-9-17)25-15(2)3/h5-11,14-15H,4,12-13H2,1-3H3,(H2,21,22,23). The maximum Gasteiger partial charge on any atom is 0.319 e. The summed E-state index contributed by atoms with van der Waals surface area (Å²) >= 11 is 0. The zero-order valence-corrected chi connectivity index (χ0v) is 15.0. The molecular formula is C20H26N2O3. The number of carbonyl (C=O) groups excluding carboxylic acids is 1. The number of hydrogen-bond donors (Lipinski definition) is 2. The summed E-state index contributed by atoms with van der Waals surface area (Å²) in [5, 5.41) is 5.55. The number of anilines is 1. The number of nitrogens with one attached hydrogen (secondary N) is 2. The van der Waals surface area contributed by atoms with Crippen molar-refractivity contribution in [2.45, 2.75) is 33.3 Å². The predicted molar refractivity (Wildman–Crippen MR) is 101 cm³/mol. The molecule has 5 nitrogen and oxygen atoms in total. The van der Waals surface area contributed by atoms with Gasteiger partial charge >= 0.3 is 6.03 Å². The predicted octanol–water partition coefficient (Wildman–Crippen LogP) is 4.24. The van der Waals surface area contributed by atoms with Crippen molar-refractivity contribution in [3.8, 4) is 11.5 Å². The van der Waals surface area contributed by atoms with Crippen molar-refractivity contribution >= 4 is 11.7 Å². The van der Waals surface area contributed by atoms with Crippen LogP contribution in [0.4, 0.5) is 10.5 Å². The molecule has 0 aromatic heterocycles. The smallest absolute Gasteiger partial charge is 0.319 e. The molecule has 25 heavy (non-hydrogen) atoms. The average Bonchev–Trinajstić information content (AvgIpc) is 2.60. The second-order valence-corrected chi connectivity index (χ2v) is 5.92. The number of amides is 2. The van der Waals surface area contributed by atoms with Crippen molar-refractivity contribution in [1.82, 2.24) is 5.32 Å². The van der Waals surface area contributed by atoms with E-state index >= 15 is 0 Å². The Labute approximate surface area is 149 Å². The molecule has 0 spiro atoms. The Morgan fingerprint density at radius 1 is 1.08 bits per heavy atom. The fraction of sp³-hybridized carbons (Fsp3) is 0.350. The van der Waals surface area contributed by atoms with E-state index in [9.17, 15) is 4.79 Å². The molecule has 2 aromatic rings. The van der Waals surface area contributed by atoms with Gasteiger partial charge in [-0.15, -0.1) is 0 Å². The minimum absolute atomic E-state index is 0.125. The fourth-order valence-electron chi connectivity index (χ4n) is 2.25. The summed E-state index contributed by atoms with van der Waals surface area (Å²) < 4.78 is 11.2. The first-order valence-electron chi connectivity index (χ1n) is 8.60. The van der Waals surface area contributed by atoms with Crippen LogP contribution in [0.25, 0.3) is 0 Å². The minimum Gasteiger partial charge on any atom is -0.492 e. The van der Waals surface area contributed by atoms with Gasteiger partial charge in [0.05, 0.1) is 12.6 Å². The third-order valence-corrected chi connectivity index (χ3v) is 3.45. The Bertz CT molecular complexity index is 669. The lowest BCUT2D eigenvalue weighted by Crippen LogP contribution is -2.32. The van der Waals surface area contributed by atoms with Gasteiger partial charge in [-0.1, -0.05) is 19.1 Å². The molecule has 0 radical (unpaired) electrons. The molecular weight excluding hydrogens is 316 g/mol. The summed E-state index contributed by atoms with van der Waals surface area (Å²) in [4.78, 5) is 11.9. The molecule has 0 heterocycles. The Kier molecular flexibility index (Phi) is 7.14. The van der Waals surface area contributed by atoms with Gasteiger partial charge in [0.15, 0.2) is 0 Å². The van der Waals surface area contributed by atoms with Crippen LogP contribution in [0.15, 0.2) is 48.5 Å². The molecule has 0 aliphatic carbocycles. The van der Waals surface area contributed by atoms with Crippen LogP contribution in [0.1, 0.15) is 26.3 Å². The zero-order valence-electron chi connectivity index (χ0n) is 15.0. The average molecular weight is 342 g/mol. The van der Waals surface area contributed by atoms with Crippen molar-refractivity contribution in [2.24, 2.45) is 0 Å². The molecule has 0 saturated carbocycles. The lowest BCUT2D eigenvalue weighted by Gasteiger charge is -2.11. The molecule has 2 rings (SSSR count). The van der Waals surface area contributed by atoms with Gasteiger partial charge in [-0.05, 0) is 62.2 Å². The van der Waals surface area contributed by atoms with Crippen LogP contribution in [0.3, 0.4) is 0 Å². The minimum atomic E-state index is -0.261. The number of urea groups is 1. The van der Waals surface area contributed by atoms with Gasteiger partial charge in [0.1, 0.15) is 18.1 Å². The summed E-state index contributed by atoms with van der Waals surface area (Å²) in [6.07, 6.45) is 1.10. The number of benzene rings is 2. The quantitative estimate of drug-likeness (QED) is 0.706. The van der Waals surface area contributed by atoms with E-state index in [1.165, 1.54) is 5.56 Å². The molecule has 2 N–H and O–H groups in total. The highest BCUT2D eigenvalue weighted by atomic mass is 16.5. The van der Waals surface area contributed by atoms with Crippen LogP contribution in [-0.2, 0) is 6.42 Å². The third-order valence-electron chi connectivity index (χ3n) is 3.45. The van der Waals surface area contributed by atoms with E-state index in [0.717, 1.165) is 17.9 Å². The van der Waals surface area contributed by atoms with E-state index in [1.54, 1.807) is 0 Å². The van der Waals surface area contributed by atoms with Crippen molar-refractivity contribution < 1.29 is 14.3 Å².